The Morgan fingerprint density at radius 1 is 1.26 bits per heavy atom. The first-order valence-corrected chi connectivity index (χ1v) is 8.73. The van der Waals surface area contributed by atoms with Gasteiger partial charge in [0.05, 0.1) is 17.9 Å². The molecule has 0 atom stereocenters. The molecule has 0 aromatic heterocycles. The summed E-state index contributed by atoms with van der Waals surface area (Å²) in [6, 6.07) is 8.65. The smallest absolute Gasteiger partial charge is 0.340 e. The molecule has 142 valence electrons. The number of amides is 1. The van der Waals surface area contributed by atoms with Gasteiger partial charge in [0.1, 0.15) is 11.6 Å². The number of para-hydroxylation sites is 1. The molecular formula is C21H25N3O3. The van der Waals surface area contributed by atoms with Crippen LogP contribution in [0.5, 0.6) is 0 Å². The Labute approximate surface area is 160 Å². The van der Waals surface area contributed by atoms with Gasteiger partial charge in [-0.15, -0.1) is 13.2 Å². The van der Waals surface area contributed by atoms with Crippen LogP contribution >= 0.6 is 0 Å². The third-order valence-corrected chi connectivity index (χ3v) is 3.59. The van der Waals surface area contributed by atoms with Crippen molar-refractivity contribution in [2.45, 2.75) is 19.8 Å². The summed E-state index contributed by atoms with van der Waals surface area (Å²) in [6.45, 7) is 10.2. The predicted molar refractivity (Wildman–Crippen MR) is 106 cm³/mol. The van der Waals surface area contributed by atoms with Gasteiger partial charge in [-0.2, -0.15) is 5.26 Å². The zero-order chi connectivity index (χ0) is 20.1. The molecule has 0 aliphatic heterocycles. The molecule has 0 fully saturated rings. The molecule has 6 nitrogen and oxygen atoms in total. The number of nitrogens with one attached hydrogen (secondary N) is 1. The predicted octanol–water partition coefficient (Wildman–Crippen LogP) is 3.66. The number of carbonyl (C=O) groups is 2. The van der Waals surface area contributed by atoms with Crippen LogP contribution in [0.1, 0.15) is 30.1 Å². The molecule has 1 rings (SSSR count). The van der Waals surface area contributed by atoms with Crippen molar-refractivity contribution in [3.63, 3.8) is 0 Å². The highest BCUT2D eigenvalue weighted by Gasteiger charge is 2.17. The molecule has 0 radical (unpaired) electrons. The van der Waals surface area contributed by atoms with Crippen molar-refractivity contribution in [1.82, 2.24) is 4.90 Å². The minimum atomic E-state index is -0.454. The Morgan fingerprint density at radius 2 is 1.93 bits per heavy atom. The maximum absolute atomic E-state index is 12.5. The van der Waals surface area contributed by atoms with Gasteiger partial charge < -0.3 is 15.0 Å². The first-order chi connectivity index (χ1) is 13.1. The molecule has 1 amide bonds. The maximum atomic E-state index is 12.5. The van der Waals surface area contributed by atoms with E-state index in [-0.39, 0.29) is 5.57 Å². The van der Waals surface area contributed by atoms with Gasteiger partial charge in [0, 0.05) is 19.3 Å². The first-order valence-electron chi connectivity index (χ1n) is 8.73. The Kier molecular flexibility index (Phi) is 9.72. The second kappa shape index (κ2) is 12.1. The van der Waals surface area contributed by atoms with Crippen LogP contribution in [-0.4, -0.2) is 36.5 Å². The largest absolute Gasteiger partial charge is 0.462 e. The minimum absolute atomic E-state index is 0.0900. The van der Waals surface area contributed by atoms with Crippen molar-refractivity contribution >= 4 is 17.6 Å². The lowest BCUT2D eigenvalue weighted by molar-refractivity contribution is -0.125. The average molecular weight is 367 g/mol. The van der Waals surface area contributed by atoms with Crippen molar-refractivity contribution < 1.29 is 14.3 Å². The average Bonchev–Trinajstić information content (AvgIpc) is 2.68. The number of nitriles is 1. The number of nitrogens with zero attached hydrogens (tertiary/aromatic N) is 2. The van der Waals surface area contributed by atoms with Crippen molar-refractivity contribution in [2.75, 3.05) is 25.0 Å². The second-order valence-corrected chi connectivity index (χ2v) is 5.64. The summed E-state index contributed by atoms with van der Waals surface area (Å²) in [5.41, 5.74) is 0.704. The number of benzene rings is 1. The van der Waals surface area contributed by atoms with E-state index in [1.165, 1.54) is 11.1 Å². The van der Waals surface area contributed by atoms with Gasteiger partial charge in [-0.3, -0.25) is 4.79 Å². The van der Waals surface area contributed by atoms with Crippen molar-refractivity contribution in [1.29, 1.82) is 5.26 Å². The molecule has 1 aromatic rings. The number of rotatable bonds is 11. The van der Waals surface area contributed by atoms with E-state index in [0.29, 0.717) is 30.9 Å². The van der Waals surface area contributed by atoms with Gasteiger partial charge in [0.15, 0.2) is 0 Å². The highest BCUT2D eigenvalue weighted by molar-refractivity contribution is 5.99. The normalized spacial score (nSPS) is 10.4. The highest BCUT2D eigenvalue weighted by atomic mass is 16.5. The molecule has 0 bridgehead atoms. The molecule has 1 aromatic carbocycles. The third kappa shape index (κ3) is 6.83. The van der Waals surface area contributed by atoms with Crippen LogP contribution in [0.25, 0.3) is 0 Å². The summed E-state index contributed by atoms with van der Waals surface area (Å²) in [6.07, 6.45) is 6.16. The molecular weight excluding hydrogens is 342 g/mol. The fourth-order valence-corrected chi connectivity index (χ4v) is 2.19. The summed E-state index contributed by atoms with van der Waals surface area (Å²) < 4.78 is 5.23. The van der Waals surface area contributed by atoms with Crippen LogP contribution in [0.4, 0.5) is 5.69 Å². The zero-order valence-electron chi connectivity index (χ0n) is 15.6. The summed E-state index contributed by atoms with van der Waals surface area (Å²) in [5, 5.41) is 12.2. The SMILES string of the molecule is C=CCN(CC=C)C(=O)/C(C#N)=C\Nc1ccccc1C(=O)OCCCC. The molecule has 0 aliphatic carbocycles. The Balaban J connectivity index is 2.97. The van der Waals surface area contributed by atoms with Gasteiger partial charge in [-0.25, -0.2) is 4.79 Å². The molecule has 0 spiro atoms. The molecule has 6 heteroatoms. The van der Waals surface area contributed by atoms with Crippen LogP contribution in [0, 0.1) is 11.3 Å². The van der Waals surface area contributed by atoms with E-state index in [1.807, 2.05) is 13.0 Å². The van der Waals surface area contributed by atoms with E-state index in [4.69, 9.17) is 4.74 Å². The van der Waals surface area contributed by atoms with Gasteiger partial charge in [0.25, 0.3) is 5.91 Å². The number of unbranched alkanes of at least 4 members (excludes halogenated alkanes) is 1. The quantitative estimate of drug-likeness (QED) is 0.212. The number of carbonyl (C=O) groups excluding carboxylic acids is 2. The molecule has 0 aliphatic rings. The zero-order valence-corrected chi connectivity index (χ0v) is 15.6. The van der Waals surface area contributed by atoms with Crippen LogP contribution in [0.15, 0.2) is 61.3 Å². The van der Waals surface area contributed by atoms with Crippen LogP contribution in [-0.2, 0) is 9.53 Å². The topological polar surface area (TPSA) is 82.4 Å². The third-order valence-electron chi connectivity index (χ3n) is 3.59. The lowest BCUT2D eigenvalue weighted by Gasteiger charge is -2.18. The summed E-state index contributed by atoms with van der Waals surface area (Å²) in [7, 11) is 0. The van der Waals surface area contributed by atoms with E-state index in [9.17, 15) is 14.9 Å². The van der Waals surface area contributed by atoms with Crippen LogP contribution in [0.2, 0.25) is 0 Å². The van der Waals surface area contributed by atoms with E-state index < -0.39 is 11.9 Å². The number of ether oxygens (including phenoxy) is 1. The Bertz CT molecular complexity index is 737. The summed E-state index contributed by atoms with van der Waals surface area (Å²) in [4.78, 5) is 26.1. The fourth-order valence-electron chi connectivity index (χ4n) is 2.19. The standard InChI is InChI=1S/C21H25N3O3/c1-4-7-14-27-21(26)18-10-8-9-11-19(18)23-16-17(15-22)20(25)24(12-5-2)13-6-3/h5-6,8-11,16,23H,2-4,7,12-14H2,1H3/b17-16-. The first kappa shape index (κ1) is 21.7. The number of esters is 1. The molecule has 1 N–H and O–H groups in total. The maximum Gasteiger partial charge on any atom is 0.340 e. The molecule has 0 heterocycles. The van der Waals surface area contributed by atoms with E-state index in [2.05, 4.69) is 18.5 Å². The number of hydrogen-bond donors (Lipinski definition) is 1. The van der Waals surface area contributed by atoms with Gasteiger partial charge in [0.2, 0.25) is 0 Å². The van der Waals surface area contributed by atoms with Crippen molar-refractivity contribution in [3.8, 4) is 6.07 Å². The van der Waals surface area contributed by atoms with Crippen LogP contribution in [0.3, 0.4) is 0 Å². The highest BCUT2D eigenvalue weighted by Crippen LogP contribution is 2.17. The number of anilines is 1. The fraction of sp³-hybridized carbons (Fsp3) is 0.286. The number of hydrogen-bond acceptors (Lipinski definition) is 5. The molecule has 27 heavy (non-hydrogen) atoms. The Hall–Kier alpha value is -3.33. The lowest BCUT2D eigenvalue weighted by atomic mass is 10.1. The molecule has 0 unspecified atom stereocenters. The monoisotopic (exact) mass is 367 g/mol. The van der Waals surface area contributed by atoms with Gasteiger partial charge in [-0.1, -0.05) is 37.6 Å². The van der Waals surface area contributed by atoms with Crippen molar-refractivity contribution in [3.05, 3.63) is 66.9 Å². The van der Waals surface area contributed by atoms with Gasteiger partial charge >= 0.3 is 5.97 Å². The lowest BCUT2D eigenvalue weighted by Crippen LogP contribution is -2.32. The van der Waals surface area contributed by atoms with Crippen LogP contribution < -0.4 is 5.32 Å². The Morgan fingerprint density at radius 3 is 2.52 bits per heavy atom. The van der Waals surface area contributed by atoms with E-state index >= 15 is 0 Å². The molecule has 0 saturated carbocycles. The minimum Gasteiger partial charge on any atom is -0.462 e. The summed E-state index contributed by atoms with van der Waals surface area (Å²) >= 11 is 0. The second-order valence-electron chi connectivity index (χ2n) is 5.64. The van der Waals surface area contributed by atoms with Gasteiger partial charge in [-0.05, 0) is 18.6 Å². The summed E-state index contributed by atoms with van der Waals surface area (Å²) in [5.74, 6) is -0.905. The molecule has 0 saturated heterocycles. The van der Waals surface area contributed by atoms with E-state index in [0.717, 1.165) is 12.8 Å². The van der Waals surface area contributed by atoms with E-state index in [1.54, 1.807) is 36.4 Å². The van der Waals surface area contributed by atoms with Crippen molar-refractivity contribution in [2.24, 2.45) is 0 Å².